The van der Waals surface area contributed by atoms with Gasteiger partial charge in [-0.1, -0.05) is 13.0 Å². The lowest BCUT2D eigenvalue weighted by Gasteiger charge is -2.20. The highest BCUT2D eigenvalue weighted by Crippen LogP contribution is 2.11. The molecule has 0 aliphatic heterocycles. The molecule has 0 spiro atoms. The van der Waals surface area contributed by atoms with Crippen LogP contribution in [-0.4, -0.2) is 25.3 Å². The fraction of sp³-hybridized carbons (Fsp3) is 0.600. The molecule has 0 saturated carbocycles. The van der Waals surface area contributed by atoms with Crippen LogP contribution in [0.5, 0.6) is 0 Å². The van der Waals surface area contributed by atoms with Crippen molar-refractivity contribution in [2.45, 2.75) is 45.8 Å². The van der Waals surface area contributed by atoms with Gasteiger partial charge in [-0.3, -0.25) is 0 Å². The van der Waals surface area contributed by atoms with E-state index in [9.17, 15) is 8.78 Å². The first kappa shape index (κ1) is 16.1. The average molecular weight is 271 g/mol. The maximum absolute atomic E-state index is 13.2. The molecule has 108 valence electrons. The lowest BCUT2D eigenvalue weighted by molar-refractivity contribution is 0.0613. The van der Waals surface area contributed by atoms with Crippen LogP contribution in [-0.2, 0) is 11.2 Å². The van der Waals surface area contributed by atoms with Crippen molar-refractivity contribution >= 4 is 0 Å². The maximum atomic E-state index is 13.2. The van der Waals surface area contributed by atoms with Gasteiger partial charge in [0.15, 0.2) is 11.6 Å². The first-order chi connectivity index (χ1) is 9.02. The minimum atomic E-state index is -0.805. The second-order valence-electron chi connectivity index (χ2n) is 4.99. The Morgan fingerprint density at radius 1 is 1.21 bits per heavy atom. The van der Waals surface area contributed by atoms with Crippen molar-refractivity contribution in [1.29, 1.82) is 0 Å². The van der Waals surface area contributed by atoms with E-state index in [1.54, 1.807) is 6.07 Å². The molecule has 0 aromatic heterocycles. The number of halogens is 2. The summed E-state index contributed by atoms with van der Waals surface area (Å²) in [6, 6.07) is 4.16. The van der Waals surface area contributed by atoms with Crippen molar-refractivity contribution in [2.24, 2.45) is 0 Å². The first-order valence-corrected chi connectivity index (χ1v) is 6.81. The molecule has 0 fully saturated rings. The zero-order valence-electron chi connectivity index (χ0n) is 11.9. The second kappa shape index (κ2) is 8.23. The van der Waals surface area contributed by atoms with Crippen LogP contribution < -0.4 is 5.32 Å². The SMILES string of the molecule is CCCNC(COC(C)C)Cc1ccc(F)c(F)c1. The highest BCUT2D eigenvalue weighted by molar-refractivity contribution is 5.18. The van der Waals surface area contributed by atoms with E-state index in [-0.39, 0.29) is 12.1 Å². The molecular formula is C15H23F2NO. The number of ether oxygens (including phenoxy) is 1. The Morgan fingerprint density at radius 2 is 1.95 bits per heavy atom. The average Bonchev–Trinajstić information content (AvgIpc) is 2.37. The minimum Gasteiger partial charge on any atom is -0.377 e. The van der Waals surface area contributed by atoms with E-state index in [2.05, 4.69) is 12.2 Å². The normalized spacial score (nSPS) is 12.9. The summed E-state index contributed by atoms with van der Waals surface area (Å²) < 4.78 is 31.6. The summed E-state index contributed by atoms with van der Waals surface area (Å²) in [7, 11) is 0. The molecular weight excluding hydrogens is 248 g/mol. The Morgan fingerprint density at radius 3 is 2.53 bits per heavy atom. The zero-order valence-corrected chi connectivity index (χ0v) is 11.9. The van der Waals surface area contributed by atoms with Gasteiger partial charge in [-0.2, -0.15) is 0 Å². The van der Waals surface area contributed by atoms with E-state index in [1.807, 2.05) is 13.8 Å². The van der Waals surface area contributed by atoms with E-state index in [0.717, 1.165) is 18.5 Å². The molecule has 0 radical (unpaired) electrons. The smallest absolute Gasteiger partial charge is 0.159 e. The van der Waals surface area contributed by atoms with Gasteiger partial charge < -0.3 is 10.1 Å². The molecule has 0 aliphatic rings. The van der Waals surface area contributed by atoms with Crippen molar-refractivity contribution in [3.8, 4) is 0 Å². The van der Waals surface area contributed by atoms with Crippen LogP contribution >= 0.6 is 0 Å². The summed E-state index contributed by atoms with van der Waals surface area (Å²) in [6.45, 7) is 7.50. The lowest BCUT2D eigenvalue weighted by atomic mass is 10.1. The van der Waals surface area contributed by atoms with Gasteiger partial charge in [0, 0.05) is 6.04 Å². The van der Waals surface area contributed by atoms with Gasteiger partial charge in [-0.25, -0.2) is 8.78 Å². The molecule has 1 unspecified atom stereocenters. The van der Waals surface area contributed by atoms with E-state index in [0.29, 0.717) is 13.0 Å². The summed E-state index contributed by atoms with van der Waals surface area (Å²) in [5.74, 6) is -1.60. The fourth-order valence-electron chi connectivity index (χ4n) is 1.80. The summed E-state index contributed by atoms with van der Waals surface area (Å²) in [5, 5.41) is 3.37. The number of hydrogen-bond donors (Lipinski definition) is 1. The quantitative estimate of drug-likeness (QED) is 0.783. The monoisotopic (exact) mass is 271 g/mol. The van der Waals surface area contributed by atoms with E-state index in [1.165, 1.54) is 12.1 Å². The van der Waals surface area contributed by atoms with E-state index < -0.39 is 11.6 Å². The third kappa shape index (κ3) is 6.12. The standard InChI is InChI=1S/C15H23F2NO/c1-4-7-18-13(10-19-11(2)3)8-12-5-6-14(16)15(17)9-12/h5-6,9,11,13,18H,4,7-8,10H2,1-3H3. The highest BCUT2D eigenvalue weighted by Gasteiger charge is 2.12. The molecule has 0 bridgehead atoms. The molecule has 2 nitrogen and oxygen atoms in total. The number of nitrogens with one attached hydrogen (secondary N) is 1. The Labute approximate surface area is 114 Å². The van der Waals surface area contributed by atoms with Crippen molar-refractivity contribution in [3.05, 3.63) is 35.4 Å². The number of hydrogen-bond acceptors (Lipinski definition) is 2. The molecule has 1 N–H and O–H groups in total. The van der Waals surface area contributed by atoms with Gasteiger partial charge in [0.25, 0.3) is 0 Å². The van der Waals surface area contributed by atoms with Crippen LogP contribution in [0.2, 0.25) is 0 Å². The number of rotatable bonds is 8. The minimum absolute atomic E-state index is 0.118. The Kier molecular flexibility index (Phi) is 6.95. The Hall–Kier alpha value is -1.00. The molecule has 19 heavy (non-hydrogen) atoms. The van der Waals surface area contributed by atoms with Gasteiger partial charge in [0.05, 0.1) is 12.7 Å². The highest BCUT2D eigenvalue weighted by atomic mass is 19.2. The molecule has 0 saturated heterocycles. The van der Waals surface area contributed by atoms with E-state index >= 15 is 0 Å². The van der Waals surface area contributed by atoms with Crippen LogP contribution in [0.3, 0.4) is 0 Å². The maximum Gasteiger partial charge on any atom is 0.159 e. The molecule has 0 heterocycles. The summed E-state index contributed by atoms with van der Waals surface area (Å²) in [4.78, 5) is 0. The third-order valence-electron chi connectivity index (χ3n) is 2.78. The molecule has 0 aliphatic carbocycles. The topological polar surface area (TPSA) is 21.3 Å². The van der Waals surface area contributed by atoms with Crippen LogP contribution in [0.25, 0.3) is 0 Å². The molecule has 0 amide bonds. The van der Waals surface area contributed by atoms with Crippen molar-refractivity contribution < 1.29 is 13.5 Å². The molecule has 1 aromatic rings. The van der Waals surface area contributed by atoms with Gasteiger partial charge >= 0.3 is 0 Å². The van der Waals surface area contributed by atoms with Gasteiger partial charge in [0.2, 0.25) is 0 Å². The lowest BCUT2D eigenvalue weighted by Crippen LogP contribution is -2.36. The summed E-state index contributed by atoms with van der Waals surface area (Å²) >= 11 is 0. The van der Waals surface area contributed by atoms with Crippen molar-refractivity contribution in [3.63, 3.8) is 0 Å². The zero-order chi connectivity index (χ0) is 14.3. The predicted octanol–water partition coefficient (Wildman–Crippen LogP) is 3.30. The Bertz CT molecular complexity index is 382. The number of benzene rings is 1. The molecule has 1 atom stereocenters. The van der Waals surface area contributed by atoms with Crippen LogP contribution in [0.4, 0.5) is 8.78 Å². The van der Waals surface area contributed by atoms with Crippen molar-refractivity contribution in [1.82, 2.24) is 5.32 Å². The van der Waals surface area contributed by atoms with Crippen LogP contribution in [0.1, 0.15) is 32.8 Å². The first-order valence-electron chi connectivity index (χ1n) is 6.81. The fourth-order valence-corrected chi connectivity index (χ4v) is 1.80. The van der Waals surface area contributed by atoms with Crippen LogP contribution in [0.15, 0.2) is 18.2 Å². The Balaban J connectivity index is 2.61. The second-order valence-corrected chi connectivity index (χ2v) is 4.99. The largest absolute Gasteiger partial charge is 0.377 e. The summed E-state index contributed by atoms with van der Waals surface area (Å²) in [5.41, 5.74) is 0.778. The van der Waals surface area contributed by atoms with Gasteiger partial charge in [-0.15, -0.1) is 0 Å². The molecule has 1 aromatic carbocycles. The van der Waals surface area contributed by atoms with Gasteiger partial charge in [-0.05, 0) is 50.9 Å². The van der Waals surface area contributed by atoms with E-state index in [4.69, 9.17) is 4.74 Å². The van der Waals surface area contributed by atoms with Crippen LogP contribution in [0, 0.1) is 11.6 Å². The summed E-state index contributed by atoms with van der Waals surface area (Å²) in [6.07, 6.45) is 1.82. The predicted molar refractivity (Wildman–Crippen MR) is 73.2 cm³/mol. The molecule has 1 rings (SSSR count). The molecule has 4 heteroatoms. The third-order valence-corrected chi connectivity index (χ3v) is 2.78. The van der Waals surface area contributed by atoms with Gasteiger partial charge in [0.1, 0.15) is 0 Å². The van der Waals surface area contributed by atoms with Crippen molar-refractivity contribution in [2.75, 3.05) is 13.2 Å².